The Morgan fingerprint density at radius 1 is 1.13 bits per heavy atom. The molecule has 0 aromatic rings. The lowest BCUT2D eigenvalue weighted by Gasteiger charge is -2.42. The number of alkyl halides is 3. The summed E-state index contributed by atoms with van der Waals surface area (Å²) >= 11 is 0. The van der Waals surface area contributed by atoms with Gasteiger partial charge in [0, 0.05) is 0 Å². The average molecular weight is 226 g/mol. The molecule has 15 heavy (non-hydrogen) atoms. The van der Waals surface area contributed by atoms with Gasteiger partial charge in [-0.25, -0.2) is 22.0 Å². The van der Waals surface area contributed by atoms with Crippen LogP contribution in [0.1, 0.15) is 13.8 Å². The third-order valence-electron chi connectivity index (χ3n) is 2.98. The molecular formula is C10H11F5. The minimum Gasteiger partial charge on any atom is -0.239 e. The second-order valence-corrected chi connectivity index (χ2v) is 3.92. The highest BCUT2D eigenvalue weighted by Crippen LogP contribution is 2.51. The smallest absolute Gasteiger partial charge is 0.191 e. The highest BCUT2D eigenvalue weighted by atomic mass is 19.2. The maximum Gasteiger partial charge on any atom is 0.191 e. The van der Waals surface area contributed by atoms with Crippen LogP contribution >= 0.6 is 0 Å². The SMILES string of the molecule is C=CC1C(F)=C(F)C(F)C(C)(F)C1(C)F. The summed E-state index contributed by atoms with van der Waals surface area (Å²) in [5, 5.41) is 0. The van der Waals surface area contributed by atoms with Gasteiger partial charge in [0.2, 0.25) is 0 Å². The van der Waals surface area contributed by atoms with Gasteiger partial charge in [0.1, 0.15) is 5.83 Å². The number of hydrogen-bond donors (Lipinski definition) is 0. The Morgan fingerprint density at radius 3 is 2.00 bits per heavy atom. The van der Waals surface area contributed by atoms with Crippen LogP contribution in [0.2, 0.25) is 0 Å². The van der Waals surface area contributed by atoms with E-state index in [2.05, 4.69) is 6.58 Å². The Morgan fingerprint density at radius 2 is 1.60 bits per heavy atom. The molecule has 4 unspecified atom stereocenters. The van der Waals surface area contributed by atoms with E-state index < -0.39 is 35.1 Å². The molecule has 0 spiro atoms. The summed E-state index contributed by atoms with van der Waals surface area (Å²) in [5.41, 5.74) is -5.99. The van der Waals surface area contributed by atoms with Gasteiger partial charge in [-0.3, -0.25) is 0 Å². The summed E-state index contributed by atoms with van der Waals surface area (Å²) in [6.07, 6.45) is -2.19. The van der Waals surface area contributed by atoms with Crippen LogP contribution in [0, 0.1) is 5.92 Å². The highest BCUT2D eigenvalue weighted by Gasteiger charge is 2.62. The zero-order chi connectivity index (χ0) is 12.0. The Labute approximate surface area is 84.5 Å². The molecule has 0 saturated heterocycles. The summed E-state index contributed by atoms with van der Waals surface area (Å²) in [6, 6.07) is 0. The maximum absolute atomic E-state index is 13.9. The molecule has 86 valence electrons. The highest BCUT2D eigenvalue weighted by molar-refractivity contribution is 5.30. The van der Waals surface area contributed by atoms with Crippen LogP contribution in [0.4, 0.5) is 22.0 Å². The monoisotopic (exact) mass is 226 g/mol. The first-order chi connectivity index (χ1) is 6.67. The van der Waals surface area contributed by atoms with Crippen molar-refractivity contribution in [2.75, 3.05) is 0 Å². The van der Waals surface area contributed by atoms with Crippen LogP contribution < -0.4 is 0 Å². The summed E-state index contributed by atoms with van der Waals surface area (Å²) in [4.78, 5) is 0. The fourth-order valence-electron chi connectivity index (χ4n) is 1.62. The number of rotatable bonds is 1. The Balaban J connectivity index is 3.40. The third kappa shape index (κ3) is 1.40. The quantitative estimate of drug-likeness (QED) is 0.472. The van der Waals surface area contributed by atoms with Gasteiger partial charge in [-0.1, -0.05) is 6.08 Å². The summed E-state index contributed by atoms with van der Waals surface area (Å²) in [7, 11) is 0. The lowest BCUT2D eigenvalue weighted by molar-refractivity contribution is -0.0961. The van der Waals surface area contributed by atoms with Gasteiger partial charge in [-0.2, -0.15) is 0 Å². The number of hydrogen-bond acceptors (Lipinski definition) is 0. The van der Waals surface area contributed by atoms with E-state index in [9.17, 15) is 22.0 Å². The lowest BCUT2D eigenvalue weighted by Crippen LogP contribution is -2.57. The Bertz CT molecular complexity index is 316. The summed E-state index contributed by atoms with van der Waals surface area (Å²) in [5.74, 6) is -5.32. The number of allylic oxidation sites excluding steroid dienone is 3. The molecule has 0 aromatic heterocycles. The van der Waals surface area contributed by atoms with Crippen molar-refractivity contribution in [3.8, 4) is 0 Å². The van der Waals surface area contributed by atoms with E-state index in [-0.39, 0.29) is 0 Å². The molecule has 0 nitrogen and oxygen atoms in total. The van der Waals surface area contributed by atoms with Crippen LogP contribution in [0.5, 0.6) is 0 Å². The van der Waals surface area contributed by atoms with Gasteiger partial charge in [-0.05, 0) is 13.8 Å². The summed E-state index contributed by atoms with van der Waals surface area (Å²) in [6.45, 7) is 4.35. The average Bonchev–Trinajstić information content (AvgIpc) is 2.14. The van der Waals surface area contributed by atoms with Crippen molar-refractivity contribution >= 4 is 0 Å². The first-order valence-electron chi connectivity index (χ1n) is 4.37. The first-order valence-corrected chi connectivity index (χ1v) is 4.37. The third-order valence-corrected chi connectivity index (χ3v) is 2.98. The van der Waals surface area contributed by atoms with E-state index in [1.807, 2.05) is 0 Å². The van der Waals surface area contributed by atoms with Crippen molar-refractivity contribution in [2.45, 2.75) is 31.4 Å². The normalized spacial score (nSPS) is 46.9. The maximum atomic E-state index is 13.9. The van der Waals surface area contributed by atoms with Crippen molar-refractivity contribution in [1.29, 1.82) is 0 Å². The molecule has 1 aliphatic carbocycles. The molecule has 0 bridgehead atoms. The van der Waals surface area contributed by atoms with Gasteiger partial charge >= 0.3 is 0 Å². The molecule has 0 amide bonds. The molecule has 5 heteroatoms. The molecule has 0 aliphatic heterocycles. The summed E-state index contributed by atoms with van der Waals surface area (Å²) < 4.78 is 66.7. The van der Waals surface area contributed by atoms with Crippen molar-refractivity contribution in [2.24, 2.45) is 5.92 Å². The predicted molar refractivity (Wildman–Crippen MR) is 46.9 cm³/mol. The lowest BCUT2D eigenvalue weighted by atomic mass is 9.71. The molecule has 0 radical (unpaired) electrons. The van der Waals surface area contributed by atoms with Crippen molar-refractivity contribution in [1.82, 2.24) is 0 Å². The topological polar surface area (TPSA) is 0 Å². The molecule has 4 atom stereocenters. The van der Waals surface area contributed by atoms with Crippen molar-refractivity contribution in [3.05, 3.63) is 24.3 Å². The minimum absolute atomic E-state index is 0.570. The van der Waals surface area contributed by atoms with Crippen LogP contribution in [-0.4, -0.2) is 17.5 Å². The molecule has 0 fully saturated rings. The molecule has 0 saturated carbocycles. The van der Waals surface area contributed by atoms with Gasteiger partial charge in [0.05, 0.1) is 5.92 Å². The Kier molecular flexibility index (Phi) is 2.70. The van der Waals surface area contributed by atoms with Crippen LogP contribution in [-0.2, 0) is 0 Å². The standard InChI is InChI=1S/C10H11F5/c1-4-5-6(11)7(12)8(13)10(3,15)9(5,2)14/h4-5,8H,1H2,2-3H3. The van der Waals surface area contributed by atoms with E-state index >= 15 is 0 Å². The van der Waals surface area contributed by atoms with Crippen LogP contribution in [0.3, 0.4) is 0 Å². The zero-order valence-corrected chi connectivity index (χ0v) is 8.33. The van der Waals surface area contributed by atoms with Gasteiger partial charge in [0.25, 0.3) is 0 Å². The van der Waals surface area contributed by atoms with E-state index in [1.165, 1.54) is 0 Å². The number of halogens is 5. The molecule has 1 aliphatic rings. The van der Waals surface area contributed by atoms with Crippen LogP contribution in [0.25, 0.3) is 0 Å². The predicted octanol–water partition coefficient (Wildman–Crippen LogP) is 3.75. The minimum atomic E-state index is -3.12. The molecule has 0 N–H and O–H groups in total. The molecule has 1 rings (SSSR count). The zero-order valence-electron chi connectivity index (χ0n) is 8.33. The van der Waals surface area contributed by atoms with Gasteiger partial charge in [0.15, 0.2) is 23.3 Å². The van der Waals surface area contributed by atoms with Gasteiger partial charge < -0.3 is 0 Å². The largest absolute Gasteiger partial charge is 0.239 e. The molecule has 0 heterocycles. The van der Waals surface area contributed by atoms with E-state index in [4.69, 9.17) is 0 Å². The van der Waals surface area contributed by atoms with Crippen LogP contribution in [0.15, 0.2) is 24.3 Å². The fraction of sp³-hybridized carbons (Fsp3) is 0.600. The van der Waals surface area contributed by atoms with Crippen molar-refractivity contribution in [3.63, 3.8) is 0 Å². The Hall–Kier alpha value is -0.870. The van der Waals surface area contributed by atoms with E-state index in [0.717, 1.165) is 6.08 Å². The second-order valence-electron chi connectivity index (χ2n) is 3.92. The first kappa shape index (κ1) is 12.2. The second kappa shape index (κ2) is 3.32. The van der Waals surface area contributed by atoms with Gasteiger partial charge in [-0.15, -0.1) is 6.58 Å². The fourth-order valence-corrected chi connectivity index (χ4v) is 1.62. The van der Waals surface area contributed by atoms with E-state index in [0.29, 0.717) is 13.8 Å². The van der Waals surface area contributed by atoms with E-state index in [1.54, 1.807) is 0 Å². The van der Waals surface area contributed by atoms with Crippen molar-refractivity contribution < 1.29 is 22.0 Å². The molecule has 0 aromatic carbocycles. The molecular weight excluding hydrogens is 215 g/mol.